The van der Waals surface area contributed by atoms with Crippen molar-refractivity contribution in [1.29, 1.82) is 0 Å². The van der Waals surface area contributed by atoms with Gasteiger partial charge < -0.3 is 15.7 Å². The summed E-state index contributed by atoms with van der Waals surface area (Å²) < 4.78 is 12.7. The molecule has 1 fully saturated rings. The molecule has 1 aliphatic rings. The fraction of sp³-hybridized carbons (Fsp3) is 0.417. The summed E-state index contributed by atoms with van der Waals surface area (Å²) >= 11 is 0. The maximum Gasteiger partial charge on any atom is 0.255 e. The third-order valence-corrected chi connectivity index (χ3v) is 2.88. The van der Waals surface area contributed by atoms with Crippen LogP contribution in [-0.4, -0.2) is 30.1 Å². The molecule has 92 valence electrons. The Morgan fingerprint density at radius 1 is 1.59 bits per heavy atom. The van der Waals surface area contributed by atoms with E-state index in [1.54, 1.807) is 0 Å². The molecule has 0 radical (unpaired) electrons. The zero-order chi connectivity index (χ0) is 12.3. The van der Waals surface area contributed by atoms with Crippen molar-refractivity contribution in [3.63, 3.8) is 0 Å². The molecule has 0 spiro atoms. The minimum Gasteiger partial charge on any atom is -0.507 e. The van der Waals surface area contributed by atoms with Crippen LogP contribution in [0.25, 0.3) is 0 Å². The highest BCUT2D eigenvalue weighted by Gasteiger charge is 2.16. The van der Waals surface area contributed by atoms with E-state index in [1.807, 2.05) is 0 Å². The molecule has 4 nitrogen and oxygen atoms in total. The van der Waals surface area contributed by atoms with Gasteiger partial charge in [-0.2, -0.15) is 0 Å². The number of amides is 1. The van der Waals surface area contributed by atoms with Gasteiger partial charge in [0.05, 0.1) is 5.56 Å². The second-order valence-electron chi connectivity index (χ2n) is 4.16. The van der Waals surface area contributed by atoms with Gasteiger partial charge in [0.25, 0.3) is 5.91 Å². The lowest BCUT2D eigenvalue weighted by Crippen LogP contribution is -2.37. The van der Waals surface area contributed by atoms with Crippen molar-refractivity contribution >= 4 is 5.91 Å². The van der Waals surface area contributed by atoms with Gasteiger partial charge >= 0.3 is 0 Å². The number of hydrogen-bond acceptors (Lipinski definition) is 3. The predicted octanol–water partition coefficient (Wildman–Crippen LogP) is 1.01. The first-order valence-electron chi connectivity index (χ1n) is 5.67. The smallest absolute Gasteiger partial charge is 0.255 e. The average Bonchev–Trinajstić information content (AvgIpc) is 2.78. The lowest BCUT2D eigenvalue weighted by molar-refractivity contribution is 0.0947. The minimum absolute atomic E-state index is 0.101. The molecule has 1 heterocycles. The number of benzene rings is 1. The summed E-state index contributed by atoms with van der Waals surface area (Å²) in [5.41, 5.74) is 0.101. The molecule has 2 rings (SSSR count). The fourth-order valence-electron chi connectivity index (χ4n) is 1.94. The van der Waals surface area contributed by atoms with Crippen molar-refractivity contribution in [1.82, 2.24) is 10.6 Å². The van der Waals surface area contributed by atoms with Gasteiger partial charge in [0.1, 0.15) is 11.6 Å². The van der Waals surface area contributed by atoms with Crippen LogP contribution in [0.5, 0.6) is 5.75 Å². The Bertz CT molecular complexity index is 417. The third kappa shape index (κ3) is 2.94. The Morgan fingerprint density at radius 3 is 3.06 bits per heavy atom. The molecule has 1 aromatic carbocycles. The molecule has 17 heavy (non-hydrogen) atoms. The van der Waals surface area contributed by atoms with Crippen LogP contribution in [-0.2, 0) is 0 Å². The van der Waals surface area contributed by atoms with Gasteiger partial charge in [0.2, 0.25) is 0 Å². The van der Waals surface area contributed by atoms with E-state index in [2.05, 4.69) is 10.6 Å². The van der Waals surface area contributed by atoms with E-state index < -0.39 is 5.82 Å². The first-order chi connectivity index (χ1) is 8.16. The molecular weight excluding hydrogens is 223 g/mol. The zero-order valence-corrected chi connectivity index (χ0v) is 9.37. The highest BCUT2D eigenvalue weighted by Crippen LogP contribution is 2.17. The van der Waals surface area contributed by atoms with Crippen LogP contribution in [0, 0.1) is 5.82 Å². The zero-order valence-electron chi connectivity index (χ0n) is 9.37. The maximum absolute atomic E-state index is 12.7. The number of carbonyl (C=O) groups excluding carboxylic acids is 1. The summed E-state index contributed by atoms with van der Waals surface area (Å²) in [5.74, 6) is -1.27. The molecule has 1 atom stereocenters. The maximum atomic E-state index is 12.7. The highest BCUT2D eigenvalue weighted by molar-refractivity contribution is 5.96. The molecule has 1 unspecified atom stereocenters. The molecular formula is C12H15FN2O2. The topological polar surface area (TPSA) is 61.4 Å². The molecule has 0 bridgehead atoms. The monoisotopic (exact) mass is 238 g/mol. The average molecular weight is 238 g/mol. The van der Waals surface area contributed by atoms with Crippen molar-refractivity contribution in [3.8, 4) is 5.75 Å². The lowest BCUT2D eigenvalue weighted by Gasteiger charge is -2.12. The van der Waals surface area contributed by atoms with Crippen molar-refractivity contribution < 1.29 is 14.3 Å². The van der Waals surface area contributed by atoms with E-state index in [0.29, 0.717) is 12.6 Å². The molecule has 0 aliphatic carbocycles. The number of nitrogens with one attached hydrogen (secondary N) is 2. The van der Waals surface area contributed by atoms with E-state index >= 15 is 0 Å². The van der Waals surface area contributed by atoms with Crippen molar-refractivity contribution in [2.24, 2.45) is 0 Å². The molecule has 1 aromatic rings. The molecule has 5 heteroatoms. The second-order valence-corrected chi connectivity index (χ2v) is 4.16. The number of phenols is 1. The third-order valence-electron chi connectivity index (χ3n) is 2.88. The van der Waals surface area contributed by atoms with Crippen molar-refractivity contribution in [2.75, 3.05) is 13.1 Å². The van der Waals surface area contributed by atoms with Crippen LogP contribution >= 0.6 is 0 Å². The van der Waals surface area contributed by atoms with Gasteiger partial charge in [-0.05, 0) is 31.5 Å². The van der Waals surface area contributed by atoms with E-state index in [0.717, 1.165) is 31.5 Å². The second kappa shape index (κ2) is 5.14. The van der Waals surface area contributed by atoms with Crippen LogP contribution in [0.4, 0.5) is 4.39 Å². The van der Waals surface area contributed by atoms with Gasteiger partial charge in [-0.25, -0.2) is 4.39 Å². The molecule has 0 saturated carbocycles. The Morgan fingerprint density at radius 2 is 2.41 bits per heavy atom. The van der Waals surface area contributed by atoms with Crippen LogP contribution < -0.4 is 10.6 Å². The van der Waals surface area contributed by atoms with Gasteiger partial charge in [-0.15, -0.1) is 0 Å². The van der Waals surface area contributed by atoms with Gasteiger partial charge in [0, 0.05) is 18.7 Å². The van der Waals surface area contributed by atoms with Crippen LogP contribution in [0.15, 0.2) is 18.2 Å². The van der Waals surface area contributed by atoms with Gasteiger partial charge in [0.15, 0.2) is 0 Å². The first-order valence-corrected chi connectivity index (χ1v) is 5.67. The van der Waals surface area contributed by atoms with E-state index in [9.17, 15) is 14.3 Å². The minimum atomic E-state index is -0.559. The molecule has 1 amide bonds. The van der Waals surface area contributed by atoms with Crippen molar-refractivity contribution in [2.45, 2.75) is 18.9 Å². The molecule has 1 saturated heterocycles. The van der Waals surface area contributed by atoms with E-state index in [1.165, 1.54) is 6.07 Å². The summed E-state index contributed by atoms with van der Waals surface area (Å²) in [7, 11) is 0. The fourth-order valence-corrected chi connectivity index (χ4v) is 1.94. The van der Waals surface area contributed by atoms with Gasteiger partial charge in [-0.1, -0.05) is 0 Å². The summed E-state index contributed by atoms with van der Waals surface area (Å²) in [6.07, 6.45) is 2.15. The van der Waals surface area contributed by atoms with Crippen LogP contribution in [0.1, 0.15) is 23.2 Å². The normalized spacial score (nSPS) is 19.2. The number of aromatic hydroxyl groups is 1. The van der Waals surface area contributed by atoms with Crippen LogP contribution in [0.3, 0.4) is 0 Å². The van der Waals surface area contributed by atoms with E-state index in [-0.39, 0.29) is 17.2 Å². The summed E-state index contributed by atoms with van der Waals surface area (Å²) in [6, 6.07) is 3.66. The Kier molecular flexibility index (Phi) is 3.58. The number of carbonyl (C=O) groups is 1. The number of rotatable bonds is 3. The number of phenolic OH excluding ortho intramolecular Hbond substituents is 1. The number of halogens is 1. The first kappa shape index (κ1) is 11.9. The van der Waals surface area contributed by atoms with E-state index in [4.69, 9.17) is 0 Å². The van der Waals surface area contributed by atoms with Crippen LogP contribution in [0.2, 0.25) is 0 Å². The Labute approximate surface area is 98.8 Å². The Hall–Kier alpha value is -1.62. The highest BCUT2D eigenvalue weighted by atomic mass is 19.1. The van der Waals surface area contributed by atoms with Gasteiger partial charge in [-0.3, -0.25) is 4.79 Å². The van der Waals surface area contributed by atoms with Crippen molar-refractivity contribution in [3.05, 3.63) is 29.6 Å². The summed E-state index contributed by atoms with van der Waals surface area (Å²) in [5, 5.41) is 15.4. The largest absolute Gasteiger partial charge is 0.507 e. The Balaban J connectivity index is 1.94. The lowest BCUT2D eigenvalue weighted by atomic mass is 10.1. The SMILES string of the molecule is O=C(NCC1CCCN1)c1ccc(F)cc1O. The quantitative estimate of drug-likeness (QED) is 0.736. The summed E-state index contributed by atoms with van der Waals surface area (Å²) in [6.45, 7) is 1.50. The molecule has 1 aliphatic heterocycles. The number of hydrogen-bond donors (Lipinski definition) is 3. The molecule has 0 aromatic heterocycles. The predicted molar refractivity (Wildman–Crippen MR) is 61.4 cm³/mol. The summed E-state index contributed by atoms with van der Waals surface area (Å²) in [4.78, 5) is 11.7. The molecule has 3 N–H and O–H groups in total. The standard InChI is InChI=1S/C12H15FN2O2/c13-8-3-4-10(11(16)6-8)12(17)15-7-9-2-1-5-14-9/h3-4,6,9,14,16H,1-2,5,7H2,(H,15,17).